The summed E-state index contributed by atoms with van der Waals surface area (Å²) in [6.07, 6.45) is 15.1. The normalized spacial score (nSPS) is 10.8. The van der Waals surface area contributed by atoms with Gasteiger partial charge in [0, 0.05) is 12.8 Å². The van der Waals surface area contributed by atoms with Crippen molar-refractivity contribution in [2.24, 2.45) is 0 Å². The molecule has 0 aliphatic carbocycles. The zero-order chi connectivity index (χ0) is 21.0. The topological polar surface area (TPSA) is 52.6 Å². The summed E-state index contributed by atoms with van der Waals surface area (Å²) < 4.78 is 11.3. The Morgan fingerprint density at radius 3 is 1.07 bits per heavy atom. The molecule has 0 saturated carbocycles. The van der Waals surface area contributed by atoms with Crippen molar-refractivity contribution in [2.75, 3.05) is 0 Å². The van der Waals surface area contributed by atoms with E-state index in [1.54, 1.807) is 0 Å². The van der Waals surface area contributed by atoms with Gasteiger partial charge in [-0.05, 0) is 38.5 Å². The molecular weight excluding hydrogens is 391 g/mol. The van der Waals surface area contributed by atoms with Crippen LogP contribution in [0.25, 0.3) is 0 Å². The molecular formula is C24H47KO4. The molecule has 0 aromatic rings. The Hall–Kier alpha value is 0.576. The summed E-state index contributed by atoms with van der Waals surface area (Å²) in [4.78, 5) is 24.2. The zero-order valence-electron chi connectivity index (χ0n) is 19.1. The zero-order valence-corrected chi connectivity index (χ0v) is 19.1. The maximum absolute atomic E-state index is 12.1. The Morgan fingerprint density at radius 2 is 0.828 bits per heavy atom. The van der Waals surface area contributed by atoms with Gasteiger partial charge in [-0.15, -0.1) is 0 Å². The first kappa shape index (κ1) is 31.8. The van der Waals surface area contributed by atoms with E-state index >= 15 is 0 Å². The van der Waals surface area contributed by atoms with Gasteiger partial charge in [0.05, 0.1) is 0 Å². The number of rotatable bonds is 19. The van der Waals surface area contributed by atoms with E-state index in [9.17, 15) is 9.59 Å². The monoisotopic (exact) mass is 438 g/mol. The third-order valence-corrected chi connectivity index (χ3v) is 5.13. The van der Waals surface area contributed by atoms with Crippen LogP contribution in [0.15, 0.2) is 0 Å². The third kappa shape index (κ3) is 20.2. The third-order valence-electron chi connectivity index (χ3n) is 5.13. The Balaban J connectivity index is 0. The molecule has 0 heterocycles. The van der Waals surface area contributed by atoms with Crippen LogP contribution in [0.4, 0.5) is 0 Å². The summed E-state index contributed by atoms with van der Waals surface area (Å²) in [6, 6.07) is 0. The fraction of sp³-hybridized carbons (Fsp3) is 0.917. The van der Waals surface area contributed by atoms with Crippen LogP contribution in [0.3, 0.4) is 0 Å². The summed E-state index contributed by atoms with van der Waals surface area (Å²) in [7, 11) is 0. The standard InChI is InChI=1S/C24H46O4.K.H/c1-5-9-15-21(16-10-6-2)27-23(25)19-13-14-20-24(26)28-22(17-11-7-3)18-12-8-4;;/h21-22H,5-20H2,1-4H3;;. The van der Waals surface area contributed by atoms with E-state index in [1.165, 1.54) is 0 Å². The molecule has 0 atom stereocenters. The van der Waals surface area contributed by atoms with Gasteiger partial charge in [0.1, 0.15) is 12.2 Å². The van der Waals surface area contributed by atoms with E-state index in [0.717, 1.165) is 77.0 Å². The molecule has 0 aliphatic heterocycles. The fourth-order valence-corrected chi connectivity index (χ4v) is 3.28. The number of hydrogen-bond acceptors (Lipinski definition) is 4. The van der Waals surface area contributed by atoms with Gasteiger partial charge < -0.3 is 9.47 Å². The van der Waals surface area contributed by atoms with Gasteiger partial charge in [-0.2, -0.15) is 0 Å². The number of ether oxygens (including phenoxy) is 2. The molecule has 0 aromatic heterocycles. The maximum atomic E-state index is 12.1. The summed E-state index contributed by atoms with van der Waals surface area (Å²) in [5.41, 5.74) is 0. The first-order valence-corrected chi connectivity index (χ1v) is 12.0. The van der Waals surface area contributed by atoms with Gasteiger partial charge in [-0.3, -0.25) is 9.59 Å². The molecule has 0 aromatic carbocycles. The Labute approximate surface area is 223 Å². The predicted octanol–water partition coefficient (Wildman–Crippen LogP) is 6.48. The van der Waals surface area contributed by atoms with E-state index in [1.807, 2.05) is 0 Å². The van der Waals surface area contributed by atoms with Crippen LogP contribution in [-0.4, -0.2) is 75.5 Å². The Bertz CT molecular complexity index is 335. The van der Waals surface area contributed by atoms with Gasteiger partial charge in [-0.25, -0.2) is 0 Å². The number of esters is 2. The Kier molecular flexibility index (Phi) is 25.5. The van der Waals surface area contributed by atoms with Crippen molar-refractivity contribution < 1.29 is 19.1 Å². The second kappa shape index (κ2) is 23.2. The molecule has 0 fully saturated rings. The van der Waals surface area contributed by atoms with Crippen molar-refractivity contribution in [1.82, 2.24) is 0 Å². The number of hydrogen-bond donors (Lipinski definition) is 0. The molecule has 0 saturated heterocycles. The van der Waals surface area contributed by atoms with Gasteiger partial charge in [-0.1, -0.05) is 79.1 Å². The minimum atomic E-state index is -0.116. The summed E-state index contributed by atoms with van der Waals surface area (Å²) in [5.74, 6) is -0.233. The number of carbonyl (C=O) groups is 2. The summed E-state index contributed by atoms with van der Waals surface area (Å²) in [6.45, 7) is 8.64. The Morgan fingerprint density at radius 1 is 0.552 bits per heavy atom. The van der Waals surface area contributed by atoms with Crippen LogP contribution >= 0.6 is 0 Å². The summed E-state index contributed by atoms with van der Waals surface area (Å²) >= 11 is 0. The van der Waals surface area contributed by atoms with Gasteiger partial charge in [0.25, 0.3) is 0 Å². The van der Waals surface area contributed by atoms with Gasteiger partial charge in [0.2, 0.25) is 0 Å². The second-order valence-corrected chi connectivity index (χ2v) is 8.00. The predicted molar refractivity (Wildman–Crippen MR) is 123 cm³/mol. The van der Waals surface area contributed by atoms with E-state index in [-0.39, 0.29) is 75.5 Å². The molecule has 0 unspecified atom stereocenters. The average molecular weight is 439 g/mol. The van der Waals surface area contributed by atoms with Crippen LogP contribution in [0.1, 0.15) is 130 Å². The van der Waals surface area contributed by atoms with Crippen LogP contribution in [0.2, 0.25) is 0 Å². The fourth-order valence-electron chi connectivity index (χ4n) is 3.28. The molecule has 5 heteroatoms. The van der Waals surface area contributed by atoms with Crippen molar-refractivity contribution in [3.8, 4) is 0 Å². The SMILES string of the molecule is CCCCC(CCCC)OC(=O)CCCCC(=O)OC(CCCC)CCCC.[KH]. The molecule has 0 spiro atoms. The quantitative estimate of drug-likeness (QED) is 0.131. The van der Waals surface area contributed by atoms with Crippen LogP contribution < -0.4 is 0 Å². The van der Waals surface area contributed by atoms with Crippen molar-refractivity contribution in [1.29, 1.82) is 0 Å². The van der Waals surface area contributed by atoms with E-state index in [0.29, 0.717) is 25.7 Å². The second-order valence-electron chi connectivity index (χ2n) is 8.00. The molecule has 0 rings (SSSR count). The number of carbonyl (C=O) groups excluding carboxylic acids is 2. The summed E-state index contributed by atoms with van der Waals surface area (Å²) in [5, 5.41) is 0. The van der Waals surface area contributed by atoms with Crippen molar-refractivity contribution in [3.63, 3.8) is 0 Å². The molecule has 0 aliphatic rings. The van der Waals surface area contributed by atoms with E-state index in [4.69, 9.17) is 9.47 Å². The van der Waals surface area contributed by atoms with Crippen molar-refractivity contribution in [2.45, 2.75) is 143 Å². The van der Waals surface area contributed by atoms with Crippen LogP contribution in [0, 0.1) is 0 Å². The minimum absolute atomic E-state index is 0. The van der Waals surface area contributed by atoms with E-state index in [2.05, 4.69) is 27.7 Å². The first-order valence-electron chi connectivity index (χ1n) is 12.0. The van der Waals surface area contributed by atoms with Crippen LogP contribution in [0.5, 0.6) is 0 Å². The number of unbranched alkanes of at least 4 members (excludes halogenated alkanes) is 5. The molecule has 0 amide bonds. The first-order chi connectivity index (χ1) is 13.6. The molecule has 4 nitrogen and oxygen atoms in total. The van der Waals surface area contributed by atoms with Crippen LogP contribution in [-0.2, 0) is 19.1 Å². The molecule has 0 N–H and O–H groups in total. The average Bonchev–Trinajstić information content (AvgIpc) is 2.69. The molecule has 168 valence electrons. The van der Waals surface area contributed by atoms with Crippen molar-refractivity contribution >= 4 is 63.3 Å². The molecule has 0 radical (unpaired) electrons. The van der Waals surface area contributed by atoms with Crippen molar-refractivity contribution in [3.05, 3.63) is 0 Å². The molecule has 0 bridgehead atoms. The van der Waals surface area contributed by atoms with E-state index < -0.39 is 0 Å². The van der Waals surface area contributed by atoms with Gasteiger partial charge in [0.15, 0.2) is 0 Å². The molecule has 29 heavy (non-hydrogen) atoms. The van der Waals surface area contributed by atoms with Gasteiger partial charge >= 0.3 is 63.3 Å².